The van der Waals surface area contributed by atoms with Gasteiger partial charge < -0.3 is 0 Å². The Labute approximate surface area is 102 Å². The minimum Gasteiger partial charge on any atom is -0.166 e. The summed E-state index contributed by atoms with van der Waals surface area (Å²) in [5.74, 6) is 0. The maximum absolute atomic E-state index is 12.7. The van der Waals surface area contributed by atoms with Gasteiger partial charge in [-0.25, -0.2) is 0 Å². The number of halogens is 6. The summed E-state index contributed by atoms with van der Waals surface area (Å²) >= 11 is 0. The molecule has 0 saturated carbocycles. The zero-order valence-electron chi connectivity index (χ0n) is 10.00. The van der Waals surface area contributed by atoms with Crippen molar-refractivity contribution in [3.05, 3.63) is 29.3 Å². The maximum atomic E-state index is 12.7. The van der Waals surface area contributed by atoms with Gasteiger partial charge >= 0.3 is 12.4 Å². The molecule has 0 aliphatic rings. The number of alkyl halides is 6. The van der Waals surface area contributed by atoms with Crippen LogP contribution in [0.2, 0.25) is 19.6 Å². The first kappa shape index (κ1) is 15.1. The van der Waals surface area contributed by atoms with E-state index in [1.54, 1.807) is 19.6 Å². The van der Waals surface area contributed by atoms with Crippen LogP contribution in [0, 0.1) is 0 Å². The van der Waals surface area contributed by atoms with E-state index in [-0.39, 0.29) is 0 Å². The molecule has 1 rings (SSSR count). The first-order valence-corrected chi connectivity index (χ1v) is 8.62. The van der Waals surface area contributed by atoms with Crippen molar-refractivity contribution >= 4 is 13.3 Å². The quantitative estimate of drug-likeness (QED) is 0.534. The van der Waals surface area contributed by atoms with Gasteiger partial charge in [-0.2, -0.15) is 26.3 Å². The molecule has 0 amide bonds. The maximum Gasteiger partial charge on any atom is 0.417 e. The van der Waals surface area contributed by atoms with Gasteiger partial charge in [-0.05, 0) is 6.07 Å². The molecule has 0 aliphatic carbocycles. The van der Waals surface area contributed by atoms with Crippen molar-refractivity contribution in [1.29, 1.82) is 0 Å². The Kier molecular flexibility index (Phi) is 3.59. The van der Waals surface area contributed by atoms with E-state index in [4.69, 9.17) is 0 Å². The van der Waals surface area contributed by atoms with Crippen molar-refractivity contribution in [2.24, 2.45) is 0 Å². The summed E-state index contributed by atoms with van der Waals surface area (Å²) in [6.45, 7) is 5.32. The second-order valence-electron chi connectivity index (χ2n) is 5.01. The van der Waals surface area contributed by atoms with E-state index in [9.17, 15) is 26.3 Å². The lowest BCUT2D eigenvalue weighted by Crippen LogP contribution is -2.38. The van der Waals surface area contributed by atoms with Gasteiger partial charge in [-0.3, -0.25) is 0 Å². The molecular formula is C11H12F6Si. The highest BCUT2D eigenvalue weighted by Gasteiger charge is 2.43. The molecule has 0 unspecified atom stereocenters. The number of hydrogen-bond donors (Lipinski definition) is 0. The van der Waals surface area contributed by atoms with Gasteiger partial charge in [0.15, 0.2) is 0 Å². The molecule has 0 atom stereocenters. The van der Waals surface area contributed by atoms with Crippen LogP contribution in [0.4, 0.5) is 26.3 Å². The van der Waals surface area contributed by atoms with Crippen LogP contribution >= 0.6 is 0 Å². The molecule has 0 radical (unpaired) electrons. The highest BCUT2D eigenvalue weighted by molar-refractivity contribution is 6.88. The van der Waals surface area contributed by atoms with E-state index in [2.05, 4.69) is 0 Å². The molecule has 0 saturated heterocycles. The molecule has 0 spiro atoms. The zero-order chi connectivity index (χ0) is 14.4. The SMILES string of the molecule is C[Si](C)(C)c1ccc(C(F)(F)F)c(C(F)(F)F)c1. The molecule has 0 N–H and O–H groups in total. The third kappa shape index (κ3) is 3.27. The fourth-order valence-corrected chi connectivity index (χ4v) is 2.65. The van der Waals surface area contributed by atoms with Gasteiger partial charge in [0.2, 0.25) is 0 Å². The Morgan fingerprint density at radius 2 is 1.22 bits per heavy atom. The summed E-state index contributed by atoms with van der Waals surface area (Å²) in [6, 6.07) is 2.30. The third-order valence-electron chi connectivity index (χ3n) is 2.50. The lowest BCUT2D eigenvalue weighted by molar-refractivity contribution is -0.162. The van der Waals surface area contributed by atoms with Crippen LogP contribution in [0.25, 0.3) is 0 Å². The van der Waals surface area contributed by atoms with Gasteiger partial charge in [0, 0.05) is 0 Å². The molecule has 0 aromatic heterocycles. The van der Waals surface area contributed by atoms with Gasteiger partial charge in [0.25, 0.3) is 0 Å². The molecule has 18 heavy (non-hydrogen) atoms. The monoisotopic (exact) mass is 286 g/mol. The van der Waals surface area contributed by atoms with Crippen molar-refractivity contribution in [2.45, 2.75) is 32.0 Å². The Morgan fingerprint density at radius 1 is 0.778 bits per heavy atom. The number of hydrogen-bond acceptors (Lipinski definition) is 0. The minimum atomic E-state index is -5.00. The Balaban J connectivity index is 3.50. The minimum absolute atomic E-state index is 0.350. The first-order valence-electron chi connectivity index (χ1n) is 5.12. The van der Waals surface area contributed by atoms with Gasteiger partial charge in [0.05, 0.1) is 19.2 Å². The Morgan fingerprint density at radius 3 is 1.56 bits per heavy atom. The highest BCUT2D eigenvalue weighted by atomic mass is 28.3. The van der Waals surface area contributed by atoms with Crippen LogP contribution in [0.15, 0.2) is 18.2 Å². The van der Waals surface area contributed by atoms with E-state index < -0.39 is 31.6 Å². The van der Waals surface area contributed by atoms with E-state index in [1.807, 2.05) is 0 Å². The standard InChI is InChI=1S/C11H12F6Si/c1-18(2,3)7-4-5-8(10(12,13)14)9(6-7)11(15,16)17/h4-6H,1-3H3. The molecule has 0 aliphatic heterocycles. The topological polar surface area (TPSA) is 0 Å². The van der Waals surface area contributed by atoms with Crippen molar-refractivity contribution < 1.29 is 26.3 Å². The fourth-order valence-electron chi connectivity index (χ4n) is 1.49. The summed E-state index contributed by atoms with van der Waals surface area (Å²) in [4.78, 5) is 0. The first-order chi connectivity index (χ1) is 7.83. The van der Waals surface area contributed by atoms with Crippen LogP contribution in [0.1, 0.15) is 11.1 Å². The molecule has 1 aromatic carbocycles. The highest BCUT2D eigenvalue weighted by Crippen LogP contribution is 2.39. The largest absolute Gasteiger partial charge is 0.417 e. The summed E-state index contributed by atoms with van der Waals surface area (Å²) < 4.78 is 75.5. The normalized spacial score (nSPS) is 13.8. The summed E-state index contributed by atoms with van der Waals surface area (Å²) in [5.41, 5.74) is -3.23. The Bertz CT molecular complexity index is 438. The molecule has 0 fully saturated rings. The van der Waals surface area contributed by atoms with Gasteiger partial charge in [-0.15, -0.1) is 0 Å². The number of rotatable bonds is 1. The van der Waals surface area contributed by atoms with Crippen molar-refractivity contribution in [3.8, 4) is 0 Å². The van der Waals surface area contributed by atoms with E-state index >= 15 is 0 Å². The van der Waals surface area contributed by atoms with Crippen molar-refractivity contribution in [2.75, 3.05) is 0 Å². The molecule has 102 valence electrons. The summed E-state index contributed by atoms with van der Waals surface area (Å²) in [5, 5.41) is 0.350. The van der Waals surface area contributed by atoms with Crippen molar-refractivity contribution in [3.63, 3.8) is 0 Å². The third-order valence-corrected chi connectivity index (χ3v) is 4.54. The average molecular weight is 286 g/mol. The van der Waals surface area contributed by atoms with Gasteiger partial charge in [-0.1, -0.05) is 37.0 Å². The second kappa shape index (κ2) is 4.29. The van der Waals surface area contributed by atoms with Crippen LogP contribution in [-0.4, -0.2) is 8.07 Å². The van der Waals surface area contributed by atoms with E-state index in [0.29, 0.717) is 17.3 Å². The predicted molar refractivity (Wildman–Crippen MR) is 59.4 cm³/mol. The molecule has 0 heterocycles. The van der Waals surface area contributed by atoms with E-state index in [1.165, 1.54) is 0 Å². The summed E-state index contributed by atoms with van der Waals surface area (Å²) in [7, 11) is -2.09. The number of benzene rings is 1. The Hall–Kier alpha value is -0.983. The lowest BCUT2D eigenvalue weighted by Gasteiger charge is -2.21. The van der Waals surface area contributed by atoms with Crippen LogP contribution < -0.4 is 5.19 Å². The molecule has 0 bridgehead atoms. The van der Waals surface area contributed by atoms with Crippen LogP contribution in [0.5, 0.6) is 0 Å². The zero-order valence-corrected chi connectivity index (χ0v) is 11.0. The van der Waals surface area contributed by atoms with E-state index in [0.717, 1.165) is 6.07 Å². The summed E-state index contributed by atoms with van der Waals surface area (Å²) in [6.07, 6.45) is -10.00. The van der Waals surface area contributed by atoms with Crippen LogP contribution in [0.3, 0.4) is 0 Å². The van der Waals surface area contributed by atoms with Crippen molar-refractivity contribution in [1.82, 2.24) is 0 Å². The fraction of sp³-hybridized carbons (Fsp3) is 0.455. The second-order valence-corrected chi connectivity index (χ2v) is 10.1. The molecule has 1 aromatic rings. The molecular weight excluding hydrogens is 274 g/mol. The average Bonchev–Trinajstić information content (AvgIpc) is 2.12. The lowest BCUT2D eigenvalue weighted by atomic mass is 10.1. The van der Waals surface area contributed by atoms with Gasteiger partial charge in [0.1, 0.15) is 0 Å². The predicted octanol–water partition coefficient (Wildman–Crippen LogP) is 4.27. The molecule has 0 nitrogen and oxygen atoms in total. The van der Waals surface area contributed by atoms with Crippen LogP contribution in [-0.2, 0) is 12.4 Å². The molecule has 7 heteroatoms. The smallest absolute Gasteiger partial charge is 0.166 e.